The standard InChI is InChI=1S/C15H10F2N2O4/c16-15(17)23-14-6-4-12(19(21)22)8-10(14)3-5-13(20)11-2-1-7-18-9-11/h1-9,15H. The van der Waals surface area contributed by atoms with Gasteiger partial charge in [0.1, 0.15) is 5.75 Å². The zero-order valence-electron chi connectivity index (χ0n) is 11.6. The molecule has 0 saturated heterocycles. The van der Waals surface area contributed by atoms with Gasteiger partial charge in [0.25, 0.3) is 5.69 Å². The van der Waals surface area contributed by atoms with E-state index in [9.17, 15) is 23.7 Å². The number of pyridine rings is 1. The number of nitro groups is 1. The normalized spacial score (nSPS) is 10.9. The van der Waals surface area contributed by atoms with Crippen molar-refractivity contribution in [3.8, 4) is 5.75 Å². The second-order valence-corrected chi connectivity index (χ2v) is 4.30. The fraction of sp³-hybridized carbons (Fsp3) is 0.0667. The Morgan fingerprint density at radius 2 is 2.13 bits per heavy atom. The van der Waals surface area contributed by atoms with Crippen molar-refractivity contribution in [2.24, 2.45) is 0 Å². The van der Waals surface area contributed by atoms with E-state index < -0.39 is 17.3 Å². The van der Waals surface area contributed by atoms with Crippen LogP contribution in [0.1, 0.15) is 15.9 Å². The molecule has 0 amide bonds. The van der Waals surface area contributed by atoms with E-state index in [-0.39, 0.29) is 17.0 Å². The molecule has 1 aromatic heterocycles. The highest BCUT2D eigenvalue weighted by molar-refractivity contribution is 6.06. The first-order chi connectivity index (χ1) is 11.0. The van der Waals surface area contributed by atoms with Crippen molar-refractivity contribution >= 4 is 17.5 Å². The maximum atomic E-state index is 12.4. The lowest BCUT2D eigenvalue weighted by atomic mass is 10.1. The Kier molecular flexibility index (Phi) is 5.08. The fourth-order valence-corrected chi connectivity index (χ4v) is 1.75. The lowest BCUT2D eigenvalue weighted by Crippen LogP contribution is -2.04. The van der Waals surface area contributed by atoms with Gasteiger partial charge in [-0.25, -0.2) is 0 Å². The molecule has 0 aliphatic rings. The van der Waals surface area contributed by atoms with Crippen LogP contribution in [0, 0.1) is 10.1 Å². The maximum absolute atomic E-state index is 12.4. The van der Waals surface area contributed by atoms with E-state index in [1.165, 1.54) is 24.5 Å². The molecule has 0 unspecified atom stereocenters. The Bertz CT molecular complexity index is 748. The van der Waals surface area contributed by atoms with E-state index in [1.807, 2.05) is 0 Å². The molecule has 1 aromatic carbocycles. The Labute approximate surface area is 129 Å². The Morgan fingerprint density at radius 3 is 2.74 bits per heavy atom. The summed E-state index contributed by atoms with van der Waals surface area (Å²) in [6, 6.07) is 6.24. The van der Waals surface area contributed by atoms with Gasteiger partial charge in [0, 0.05) is 35.7 Å². The summed E-state index contributed by atoms with van der Waals surface area (Å²) in [5.41, 5.74) is -0.0117. The number of nitro benzene ring substituents is 1. The molecule has 1 heterocycles. The molecule has 0 spiro atoms. The van der Waals surface area contributed by atoms with Gasteiger partial charge in [-0.2, -0.15) is 8.78 Å². The summed E-state index contributed by atoms with van der Waals surface area (Å²) in [6.45, 7) is -3.09. The van der Waals surface area contributed by atoms with Crippen molar-refractivity contribution in [3.05, 3.63) is 70.0 Å². The number of halogens is 2. The summed E-state index contributed by atoms with van der Waals surface area (Å²) in [4.78, 5) is 25.8. The van der Waals surface area contributed by atoms with Gasteiger partial charge in [0.2, 0.25) is 0 Å². The number of alkyl halides is 2. The van der Waals surface area contributed by atoms with Crippen LogP contribution in [0.5, 0.6) is 5.75 Å². The van der Waals surface area contributed by atoms with Crippen LogP contribution in [0.2, 0.25) is 0 Å². The molecule has 0 saturated carbocycles. The van der Waals surface area contributed by atoms with Crippen LogP contribution in [0.4, 0.5) is 14.5 Å². The third kappa shape index (κ3) is 4.40. The van der Waals surface area contributed by atoms with Gasteiger partial charge in [0.05, 0.1) is 4.92 Å². The van der Waals surface area contributed by atoms with E-state index >= 15 is 0 Å². The largest absolute Gasteiger partial charge is 0.434 e. The van der Waals surface area contributed by atoms with Crippen molar-refractivity contribution in [2.75, 3.05) is 0 Å². The number of ketones is 1. The number of hydrogen-bond acceptors (Lipinski definition) is 5. The number of allylic oxidation sites excluding steroid dienone is 1. The number of rotatable bonds is 6. The van der Waals surface area contributed by atoms with Crippen LogP contribution in [-0.2, 0) is 0 Å². The summed E-state index contributed by atoms with van der Waals surface area (Å²) in [5, 5.41) is 10.8. The van der Waals surface area contributed by atoms with Gasteiger partial charge in [0.15, 0.2) is 5.78 Å². The molecule has 6 nitrogen and oxygen atoms in total. The van der Waals surface area contributed by atoms with E-state index in [1.54, 1.807) is 6.07 Å². The fourth-order valence-electron chi connectivity index (χ4n) is 1.75. The Balaban J connectivity index is 2.32. The minimum Gasteiger partial charge on any atom is -0.434 e. The number of aromatic nitrogens is 1. The first kappa shape index (κ1) is 16.2. The van der Waals surface area contributed by atoms with Gasteiger partial charge in [-0.1, -0.05) is 0 Å². The highest BCUT2D eigenvalue weighted by Crippen LogP contribution is 2.27. The highest BCUT2D eigenvalue weighted by atomic mass is 19.3. The second-order valence-electron chi connectivity index (χ2n) is 4.30. The second kappa shape index (κ2) is 7.21. The van der Waals surface area contributed by atoms with Crippen molar-refractivity contribution in [2.45, 2.75) is 6.61 Å². The van der Waals surface area contributed by atoms with Crippen LogP contribution >= 0.6 is 0 Å². The summed E-state index contributed by atoms with van der Waals surface area (Å²) in [7, 11) is 0. The van der Waals surface area contributed by atoms with Gasteiger partial charge in [-0.05, 0) is 30.4 Å². The molecular formula is C15H10F2N2O4. The summed E-state index contributed by atoms with van der Waals surface area (Å²) in [5.74, 6) is -0.687. The van der Waals surface area contributed by atoms with E-state index in [4.69, 9.17) is 0 Å². The first-order valence-corrected chi connectivity index (χ1v) is 6.33. The number of ether oxygens (including phenoxy) is 1. The lowest BCUT2D eigenvalue weighted by Gasteiger charge is -2.07. The van der Waals surface area contributed by atoms with Gasteiger partial charge in [-0.15, -0.1) is 0 Å². The van der Waals surface area contributed by atoms with Crippen LogP contribution in [-0.4, -0.2) is 22.3 Å². The zero-order chi connectivity index (χ0) is 16.8. The SMILES string of the molecule is O=C(C=Cc1cc([N+](=O)[O-])ccc1OC(F)F)c1cccnc1. The van der Waals surface area contributed by atoms with E-state index in [2.05, 4.69) is 9.72 Å². The van der Waals surface area contributed by atoms with Crippen molar-refractivity contribution in [1.29, 1.82) is 0 Å². The van der Waals surface area contributed by atoms with Crippen LogP contribution < -0.4 is 4.74 Å². The average Bonchev–Trinajstić information content (AvgIpc) is 2.53. The molecule has 0 bridgehead atoms. The smallest absolute Gasteiger partial charge is 0.387 e. The van der Waals surface area contributed by atoms with Crippen LogP contribution in [0.25, 0.3) is 6.08 Å². The number of benzene rings is 1. The molecule has 0 atom stereocenters. The molecule has 118 valence electrons. The number of non-ortho nitro benzene ring substituents is 1. The molecule has 2 aromatic rings. The van der Waals surface area contributed by atoms with Crippen molar-refractivity contribution in [1.82, 2.24) is 4.98 Å². The van der Waals surface area contributed by atoms with Crippen LogP contribution in [0.15, 0.2) is 48.8 Å². The molecule has 0 N–H and O–H groups in total. The first-order valence-electron chi connectivity index (χ1n) is 6.33. The molecule has 8 heteroatoms. The number of nitrogens with zero attached hydrogens (tertiary/aromatic N) is 2. The number of carbonyl (C=O) groups is 1. The lowest BCUT2D eigenvalue weighted by molar-refractivity contribution is -0.384. The predicted octanol–water partition coefficient (Wildman–Crippen LogP) is 3.49. The maximum Gasteiger partial charge on any atom is 0.387 e. The van der Waals surface area contributed by atoms with Gasteiger partial charge >= 0.3 is 6.61 Å². The summed E-state index contributed by atoms with van der Waals surface area (Å²) < 4.78 is 29.0. The molecule has 0 radical (unpaired) electrons. The zero-order valence-corrected chi connectivity index (χ0v) is 11.6. The third-order valence-electron chi connectivity index (χ3n) is 2.78. The third-order valence-corrected chi connectivity index (χ3v) is 2.78. The molecular weight excluding hydrogens is 310 g/mol. The van der Waals surface area contributed by atoms with E-state index in [0.717, 1.165) is 24.3 Å². The van der Waals surface area contributed by atoms with Crippen molar-refractivity contribution < 1.29 is 23.2 Å². The van der Waals surface area contributed by atoms with Crippen LogP contribution in [0.3, 0.4) is 0 Å². The monoisotopic (exact) mass is 320 g/mol. The van der Waals surface area contributed by atoms with E-state index in [0.29, 0.717) is 5.56 Å². The molecule has 0 aliphatic heterocycles. The van der Waals surface area contributed by atoms with Crippen molar-refractivity contribution in [3.63, 3.8) is 0 Å². The minimum atomic E-state index is -3.09. The number of carbonyl (C=O) groups excluding carboxylic acids is 1. The van der Waals surface area contributed by atoms with Gasteiger partial charge in [-0.3, -0.25) is 19.9 Å². The number of hydrogen-bond donors (Lipinski definition) is 0. The molecule has 23 heavy (non-hydrogen) atoms. The summed E-state index contributed by atoms with van der Waals surface area (Å²) in [6.07, 6.45) is 5.13. The Morgan fingerprint density at radius 1 is 1.35 bits per heavy atom. The highest BCUT2D eigenvalue weighted by Gasteiger charge is 2.13. The predicted molar refractivity (Wildman–Crippen MR) is 77.3 cm³/mol. The van der Waals surface area contributed by atoms with Gasteiger partial charge < -0.3 is 4.74 Å². The Hall–Kier alpha value is -3.16. The summed E-state index contributed by atoms with van der Waals surface area (Å²) >= 11 is 0. The average molecular weight is 320 g/mol. The molecule has 0 fully saturated rings. The quantitative estimate of drug-likeness (QED) is 0.352. The molecule has 2 rings (SSSR count). The minimum absolute atomic E-state index is 0.00302. The topological polar surface area (TPSA) is 82.3 Å². The molecule has 0 aliphatic carbocycles.